The topological polar surface area (TPSA) is 105 Å². The molecule has 1 aromatic heterocycles. The lowest BCUT2D eigenvalue weighted by molar-refractivity contribution is -0.123. The number of nitrogens with zero attached hydrogens (tertiary/aromatic N) is 4. The van der Waals surface area contributed by atoms with Crippen molar-refractivity contribution >= 4 is 34.9 Å². The number of ketones is 1. The van der Waals surface area contributed by atoms with Crippen LogP contribution in [0.2, 0.25) is 5.02 Å². The molecule has 2 aliphatic heterocycles. The summed E-state index contributed by atoms with van der Waals surface area (Å²) in [7, 11) is 1.73. The first-order valence-electron chi connectivity index (χ1n) is 14.8. The minimum absolute atomic E-state index is 0.000583. The van der Waals surface area contributed by atoms with E-state index in [-0.39, 0.29) is 46.8 Å². The van der Waals surface area contributed by atoms with Crippen molar-refractivity contribution in [3.05, 3.63) is 112 Å². The van der Waals surface area contributed by atoms with Gasteiger partial charge in [-0.3, -0.25) is 9.59 Å². The Morgan fingerprint density at radius 1 is 1.00 bits per heavy atom. The van der Waals surface area contributed by atoms with Crippen molar-refractivity contribution in [2.75, 3.05) is 31.6 Å². The summed E-state index contributed by atoms with van der Waals surface area (Å²) in [6.07, 6.45) is 5.35. The molecule has 1 N–H and O–H groups in total. The van der Waals surface area contributed by atoms with Gasteiger partial charge in [0.15, 0.2) is 11.6 Å². The number of carboxylic acid groups (broad SMARTS) is 1. The van der Waals surface area contributed by atoms with Gasteiger partial charge in [0.25, 0.3) is 5.91 Å². The largest absolute Gasteiger partial charge is 0.478 e. The van der Waals surface area contributed by atoms with Crippen LogP contribution in [0.5, 0.6) is 0 Å². The lowest BCUT2D eigenvalue weighted by Gasteiger charge is -2.40. The fraction of sp³-hybridized carbons (Fsp3) is 0.294. The zero-order chi connectivity index (χ0) is 31.7. The Hall–Kier alpha value is -4.54. The molecule has 0 aliphatic carbocycles. The van der Waals surface area contributed by atoms with Crippen LogP contribution in [0, 0.1) is 5.82 Å². The van der Waals surface area contributed by atoms with Gasteiger partial charge in [0.2, 0.25) is 0 Å². The molecule has 3 heterocycles. The van der Waals surface area contributed by atoms with Gasteiger partial charge in [-0.1, -0.05) is 41.9 Å². The Labute approximate surface area is 264 Å². The Kier molecular flexibility index (Phi) is 8.69. The highest BCUT2D eigenvalue weighted by molar-refractivity contribution is 6.30. The van der Waals surface area contributed by atoms with Gasteiger partial charge in [0.1, 0.15) is 18.1 Å². The number of hydrogen-bond donors (Lipinski definition) is 1. The van der Waals surface area contributed by atoms with Gasteiger partial charge in [-0.25, -0.2) is 14.2 Å². The molecule has 1 amide bonds. The maximum Gasteiger partial charge on any atom is 0.335 e. The predicted molar refractivity (Wildman–Crippen MR) is 167 cm³/mol. The second kappa shape index (κ2) is 12.8. The summed E-state index contributed by atoms with van der Waals surface area (Å²) in [6.45, 7) is 1.93. The molecule has 9 nitrogen and oxygen atoms in total. The second-order valence-corrected chi connectivity index (χ2v) is 11.7. The Bertz CT molecular complexity index is 1750. The van der Waals surface area contributed by atoms with E-state index >= 15 is 0 Å². The summed E-state index contributed by atoms with van der Waals surface area (Å²) < 4.78 is 21.7. The second-order valence-electron chi connectivity index (χ2n) is 11.3. The predicted octanol–water partition coefficient (Wildman–Crippen LogP) is 5.53. The third-order valence-electron chi connectivity index (χ3n) is 8.67. The van der Waals surface area contributed by atoms with Crippen molar-refractivity contribution in [2.24, 2.45) is 0 Å². The number of carbonyl (C=O) groups is 3. The number of piperidine rings is 1. The highest BCUT2D eigenvalue weighted by Crippen LogP contribution is 2.38. The first-order valence-corrected chi connectivity index (χ1v) is 15.2. The molecular formula is C34H32ClFN4O5. The molecule has 0 bridgehead atoms. The Balaban J connectivity index is 1.34. The van der Waals surface area contributed by atoms with E-state index in [0.29, 0.717) is 12.0 Å². The van der Waals surface area contributed by atoms with Crippen molar-refractivity contribution in [3.63, 3.8) is 0 Å². The number of rotatable bonds is 8. The van der Waals surface area contributed by atoms with E-state index in [1.165, 1.54) is 46.3 Å². The average molecular weight is 631 g/mol. The number of aromatic carboxylic acids is 1. The maximum atomic E-state index is 14.7. The van der Waals surface area contributed by atoms with E-state index in [4.69, 9.17) is 16.3 Å². The number of carboxylic acids is 1. The lowest BCUT2D eigenvalue weighted by Crippen LogP contribution is -2.45. The number of benzene rings is 3. The van der Waals surface area contributed by atoms with Gasteiger partial charge < -0.3 is 24.2 Å². The van der Waals surface area contributed by atoms with Gasteiger partial charge >= 0.3 is 5.97 Å². The molecule has 1 saturated heterocycles. The molecule has 45 heavy (non-hydrogen) atoms. The highest BCUT2D eigenvalue weighted by Gasteiger charge is 2.38. The van der Waals surface area contributed by atoms with E-state index < -0.39 is 23.7 Å². The summed E-state index contributed by atoms with van der Waals surface area (Å²) in [4.78, 5) is 47.7. The number of ether oxygens (including phenoxy) is 1. The van der Waals surface area contributed by atoms with Crippen LogP contribution in [0.3, 0.4) is 0 Å². The number of hydrogen-bond acceptors (Lipinski definition) is 6. The summed E-state index contributed by atoms with van der Waals surface area (Å²) in [5.74, 6) is -2.34. The van der Waals surface area contributed by atoms with E-state index in [1.54, 1.807) is 25.3 Å². The Morgan fingerprint density at radius 2 is 1.71 bits per heavy atom. The summed E-state index contributed by atoms with van der Waals surface area (Å²) in [5, 5.41) is 9.23. The highest BCUT2D eigenvalue weighted by atomic mass is 35.5. The molecule has 0 unspecified atom stereocenters. The number of methoxy groups -OCH3 is 1. The van der Waals surface area contributed by atoms with Crippen LogP contribution in [-0.2, 0) is 22.4 Å². The molecule has 3 aromatic carbocycles. The molecule has 4 aromatic rings. The van der Waals surface area contributed by atoms with Crippen molar-refractivity contribution in [3.8, 4) is 5.69 Å². The molecule has 6 rings (SSSR count). The number of aromatic nitrogens is 2. The number of fused-ring (bicyclic) bond motifs is 1. The lowest BCUT2D eigenvalue weighted by atomic mass is 9.86. The Morgan fingerprint density at radius 3 is 2.42 bits per heavy atom. The van der Waals surface area contributed by atoms with E-state index in [9.17, 15) is 23.9 Å². The summed E-state index contributed by atoms with van der Waals surface area (Å²) in [5.41, 5.74) is 3.83. The van der Waals surface area contributed by atoms with E-state index in [0.717, 1.165) is 42.7 Å². The molecule has 0 spiro atoms. The molecule has 2 aliphatic rings. The molecule has 0 saturated carbocycles. The van der Waals surface area contributed by atoms with Crippen LogP contribution in [0.4, 0.5) is 10.1 Å². The van der Waals surface area contributed by atoms with Crippen LogP contribution in [0.1, 0.15) is 56.4 Å². The van der Waals surface area contributed by atoms with Gasteiger partial charge in [-0.05, 0) is 66.3 Å². The van der Waals surface area contributed by atoms with Crippen LogP contribution in [-0.4, -0.2) is 70.1 Å². The molecule has 232 valence electrons. The van der Waals surface area contributed by atoms with Crippen molar-refractivity contribution in [1.29, 1.82) is 0 Å². The van der Waals surface area contributed by atoms with Crippen molar-refractivity contribution in [1.82, 2.24) is 14.5 Å². The number of amides is 1. The van der Waals surface area contributed by atoms with Crippen molar-refractivity contribution in [2.45, 2.75) is 37.8 Å². The summed E-state index contributed by atoms with van der Waals surface area (Å²) in [6, 6.07) is 15.7. The minimum atomic E-state index is -1.05. The number of anilines is 1. The summed E-state index contributed by atoms with van der Waals surface area (Å²) >= 11 is 5.97. The van der Waals surface area contributed by atoms with Crippen LogP contribution in [0.15, 0.2) is 73.2 Å². The fourth-order valence-electron chi connectivity index (χ4n) is 6.31. The third kappa shape index (κ3) is 6.08. The standard InChI is InChI=1S/C34H32ClFN4O5/c1-45-23-12-15-38(16-13-23)28-6-2-4-25-24(28)14-17-40(32(25)30(41)18-21-8-10-22(11-9-21)34(43)44)33(42)27-19-39(20-37-27)29-7-3-5-26(35)31(29)36/h2-11,19-20,23,32H,12-18H2,1H3,(H,43,44)/t32-/m1/s1. The number of imidazole rings is 1. The molecule has 1 fully saturated rings. The number of Topliss-reactive ketones (excluding diaryl/α,β-unsaturated/α-hetero) is 1. The zero-order valence-electron chi connectivity index (χ0n) is 24.7. The van der Waals surface area contributed by atoms with Gasteiger partial charge in [-0.2, -0.15) is 0 Å². The van der Waals surface area contributed by atoms with E-state index in [2.05, 4.69) is 16.0 Å². The maximum absolute atomic E-state index is 14.7. The third-order valence-corrected chi connectivity index (χ3v) is 8.96. The smallest absolute Gasteiger partial charge is 0.335 e. The zero-order valence-corrected chi connectivity index (χ0v) is 25.4. The van der Waals surface area contributed by atoms with Crippen LogP contribution >= 0.6 is 11.6 Å². The normalized spacial score (nSPS) is 16.8. The quantitative estimate of drug-likeness (QED) is 0.273. The van der Waals surface area contributed by atoms with E-state index in [1.807, 2.05) is 12.1 Å². The fourth-order valence-corrected chi connectivity index (χ4v) is 6.48. The molecule has 0 radical (unpaired) electrons. The van der Waals surface area contributed by atoms with Gasteiger partial charge in [0, 0.05) is 45.0 Å². The van der Waals surface area contributed by atoms with Gasteiger partial charge in [0.05, 0.1) is 22.4 Å². The number of halogens is 2. The van der Waals surface area contributed by atoms with Crippen LogP contribution in [0.25, 0.3) is 5.69 Å². The molecule has 11 heteroatoms. The molecule has 1 atom stereocenters. The first kappa shape index (κ1) is 30.5. The SMILES string of the molecule is COC1CCN(c2cccc3c2CCN(C(=O)c2cn(-c4cccc(Cl)c4F)cn2)[C@H]3C(=O)Cc2ccc(C(=O)O)cc2)CC1. The first-order chi connectivity index (χ1) is 21.7. The molecular weight excluding hydrogens is 599 g/mol. The number of carbonyl (C=O) groups excluding carboxylic acids is 2. The van der Waals surface area contributed by atoms with Crippen LogP contribution < -0.4 is 4.90 Å². The average Bonchev–Trinajstić information content (AvgIpc) is 3.55. The monoisotopic (exact) mass is 630 g/mol. The van der Waals surface area contributed by atoms with Gasteiger partial charge in [-0.15, -0.1) is 0 Å². The minimum Gasteiger partial charge on any atom is -0.478 e. The van der Waals surface area contributed by atoms with Crippen molar-refractivity contribution < 1.29 is 28.6 Å².